The Kier molecular flexibility index (Phi) is 5.08. The monoisotopic (exact) mass is 304 g/mol. The molecular weight excluding hydrogens is 280 g/mol. The summed E-state index contributed by atoms with van der Waals surface area (Å²) in [5.41, 5.74) is 1.47. The van der Waals surface area contributed by atoms with Crippen molar-refractivity contribution in [1.29, 1.82) is 0 Å². The van der Waals surface area contributed by atoms with E-state index in [4.69, 9.17) is 9.52 Å². The van der Waals surface area contributed by atoms with Gasteiger partial charge in [0.25, 0.3) is 0 Å². The second-order valence-corrected chi connectivity index (χ2v) is 5.84. The van der Waals surface area contributed by atoms with Crippen LogP contribution in [0.3, 0.4) is 0 Å². The predicted molar refractivity (Wildman–Crippen MR) is 86.7 cm³/mol. The molecule has 1 heterocycles. The summed E-state index contributed by atoms with van der Waals surface area (Å²) in [4.78, 5) is 12.0. The molecule has 2 aromatic rings. The number of carbonyl (C=O) groups excluding carboxylic acids is 1. The Morgan fingerprint density at radius 3 is 2.73 bits per heavy atom. The molecule has 5 nitrogen and oxygen atoms in total. The molecule has 1 unspecified atom stereocenters. The number of aryl methyl sites for hydroxylation is 1. The summed E-state index contributed by atoms with van der Waals surface area (Å²) in [6.45, 7) is 6.29. The number of rotatable bonds is 6. The fourth-order valence-electron chi connectivity index (χ4n) is 2.45. The maximum absolute atomic E-state index is 12.0. The third-order valence-electron chi connectivity index (χ3n) is 4.21. The summed E-state index contributed by atoms with van der Waals surface area (Å²) in [5.74, 6) is 0.761. The average Bonchev–Trinajstić information content (AvgIpc) is 2.82. The second-order valence-electron chi connectivity index (χ2n) is 5.84. The highest BCUT2D eigenvalue weighted by Gasteiger charge is 2.23. The van der Waals surface area contributed by atoms with E-state index in [9.17, 15) is 4.79 Å². The van der Waals surface area contributed by atoms with Crippen molar-refractivity contribution in [2.45, 2.75) is 45.7 Å². The van der Waals surface area contributed by atoms with E-state index in [0.29, 0.717) is 13.0 Å². The second kappa shape index (κ2) is 6.83. The van der Waals surface area contributed by atoms with E-state index in [2.05, 4.69) is 10.6 Å². The molecule has 0 saturated carbocycles. The Morgan fingerprint density at radius 1 is 1.36 bits per heavy atom. The van der Waals surface area contributed by atoms with E-state index in [1.54, 1.807) is 0 Å². The van der Waals surface area contributed by atoms with E-state index >= 15 is 0 Å². The molecule has 5 heteroatoms. The number of fused-ring (bicyclic) bond motifs is 1. The smallest absolute Gasteiger partial charge is 0.315 e. The number of hydrogen-bond acceptors (Lipinski definition) is 3. The van der Waals surface area contributed by atoms with Gasteiger partial charge < -0.3 is 20.2 Å². The van der Waals surface area contributed by atoms with Gasteiger partial charge in [-0.15, -0.1) is 0 Å². The fraction of sp³-hybridized carbons (Fsp3) is 0.471. The lowest BCUT2D eigenvalue weighted by atomic mass is 9.95. The number of aliphatic hydroxyl groups is 1. The number of benzene rings is 1. The minimum absolute atomic E-state index is 0.0489. The number of nitrogens with one attached hydrogen (secondary N) is 2. The molecule has 0 aliphatic carbocycles. The van der Waals surface area contributed by atoms with E-state index in [1.807, 2.05) is 45.0 Å². The molecule has 3 N–H and O–H groups in total. The minimum Gasteiger partial charge on any atom is -0.459 e. The molecule has 120 valence electrons. The predicted octanol–water partition coefficient (Wildman–Crippen LogP) is 3.09. The van der Waals surface area contributed by atoms with Gasteiger partial charge in [-0.25, -0.2) is 4.79 Å². The summed E-state index contributed by atoms with van der Waals surface area (Å²) >= 11 is 0. The Bertz CT molecular complexity index is 650. The first kappa shape index (κ1) is 16.4. The van der Waals surface area contributed by atoms with Crippen molar-refractivity contribution >= 4 is 17.0 Å². The van der Waals surface area contributed by atoms with Gasteiger partial charge in [-0.2, -0.15) is 0 Å². The molecule has 22 heavy (non-hydrogen) atoms. The van der Waals surface area contributed by atoms with Crippen LogP contribution in [0.1, 0.15) is 38.0 Å². The summed E-state index contributed by atoms with van der Waals surface area (Å²) < 4.78 is 5.77. The zero-order chi connectivity index (χ0) is 16.2. The number of furan rings is 1. The van der Waals surface area contributed by atoms with Crippen LogP contribution in [0.25, 0.3) is 11.0 Å². The van der Waals surface area contributed by atoms with Crippen molar-refractivity contribution in [2.24, 2.45) is 0 Å². The van der Waals surface area contributed by atoms with Gasteiger partial charge in [0.1, 0.15) is 11.3 Å². The lowest BCUT2D eigenvalue weighted by Gasteiger charge is -2.28. The number of para-hydroxylation sites is 1. The first-order valence-corrected chi connectivity index (χ1v) is 7.63. The van der Waals surface area contributed by atoms with Crippen LogP contribution in [-0.2, 0) is 6.54 Å². The molecule has 0 aliphatic rings. The average molecular weight is 304 g/mol. The Balaban J connectivity index is 1.99. The minimum atomic E-state index is -0.401. The highest BCUT2D eigenvalue weighted by molar-refractivity contribution is 5.82. The quantitative estimate of drug-likeness (QED) is 0.767. The van der Waals surface area contributed by atoms with Gasteiger partial charge in [-0.05, 0) is 32.8 Å². The largest absolute Gasteiger partial charge is 0.459 e. The van der Waals surface area contributed by atoms with Gasteiger partial charge in [-0.1, -0.05) is 25.1 Å². The number of amides is 2. The standard InChI is InChI=1S/C17H24N2O3/c1-4-17(3,9-10-20)19-16(21)18-11-15-12(2)13-7-5-6-8-14(13)22-15/h5-8,20H,4,9-11H2,1-3H3,(H2,18,19,21). The molecule has 0 saturated heterocycles. The van der Waals surface area contributed by atoms with Crippen LogP contribution in [0.4, 0.5) is 4.79 Å². The first-order valence-electron chi connectivity index (χ1n) is 7.63. The van der Waals surface area contributed by atoms with Crippen molar-refractivity contribution in [3.05, 3.63) is 35.6 Å². The third-order valence-corrected chi connectivity index (χ3v) is 4.21. The van der Waals surface area contributed by atoms with E-state index < -0.39 is 5.54 Å². The number of carbonyl (C=O) groups is 1. The summed E-state index contributed by atoms with van der Waals surface area (Å²) in [6.07, 6.45) is 1.28. The topological polar surface area (TPSA) is 74.5 Å². The van der Waals surface area contributed by atoms with E-state index in [-0.39, 0.29) is 12.6 Å². The summed E-state index contributed by atoms with van der Waals surface area (Å²) in [7, 11) is 0. The molecule has 2 rings (SSSR count). The zero-order valence-corrected chi connectivity index (χ0v) is 13.4. The Labute approximate surface area is 130 Å². The van der Waals surface area contributed by atoms with Crippen molar-refractivity contribution in [3.63, 3.8) is 0 Å². The van der Waals surface area contributed by atoms with Crippen LogP contribution < -0.4 is 10.6 Å². The van der Waals surface area contributed by atoms with Crippen molar-refractivity contribution in [2.75, 3.05) is 6.61 Å². The van der Waals surface area contributed by atoms with Crippen molar-refractivity contribution in [1.82, 2.24) is 10.6 Å². The molecule has 0 aliphatic heterocycles. The zero-order valence-electron chi connectivity index (χ0n) is 13.4. The summed E-state index contributed by atoms with van der Waals surface area (Å²) in [5, 5.41) is 15.9. The SMILES string of the molecule is CCC(C)(CCO)NC(=O)NCc1oc2ccccc2c1C. The van der Waals surface area contributed by atoms with Gasteiger partial charge in [0.05, 0.1) is 6.54 Å². The molecule has 1 atom stereocenters. The lowest BCUT2D eigenvalue weighted by molar-refractivity contribution is 0.200. The van der Waals surface area contributed by atoms with Crippen molar-refractivity contribution < 1.29 is 14.3 Å². The molecule has 1 aromatic carbocycles. The molecular formula is C17H24N2O3. The maximum atomic E-state index is 12.0. The van der Waals surface area contributed by atoms with Gasteiger partial charge in [0.15, 0.2) is 0 Å². The molecule has 0 spiro atoms. The molecule has 0 radical (unpaired) electrons. The van der Waals surface area contributed by atoms with Gasteiger partial charge in [0.2, 0.25) is 0 Å². The van der Waals surface area contributed by atoms with E-state index in [1.165, 1.54) is 0 Å². The number of hydrogen-bond donors (Lipinski definition) is 3. The molecule has 1 aromatic heterocycles. The van der Waals surface area contributed by atoms with Crippen LogP contribution in [0.2, 0.25) is 0 Å². The molecule has 0 bridgehead atoms. The Morgan fingerprint density at radius 2 is 2.09 bits per heavy atom. The van der Waals surface area contributed by atoms with Crippen LogP contribution >= 0.6 is 0 Å². The number of aliphatic hydroxyl groups excluding tert-OH is 1. The summed E-state index contributed by atoms with van der Waals surface area (Å²) in [6, 6.07) is 7.57. The third kappa shape index (κ3) is 3.60. The number of urea groups is 1. The molecule has 2 amide bonds. The highest BCUT2D eigenvalue weighted by Crippen LogP contribution is 2.24. The van der Waals surface area contributed by atoms with Crippen LogP contribution in [-0.4, -0.2) is 23.3 Å². The molecule has 0 fully saturated rings. The maximum Gasteiger partial charge on any atom is 0.315 e. The lowest BCUT2D eigenvalue weighted by Crippen LogP contribution is -2.50. The van der Waals surface area contributed by atoms with Gasteiger partial charge in [0, 0.05) is 23.1 Å². The highest BCUT2D eigenvalue weighted by atomic mass is 16.3. The van der Waals surface area contributed by atoms with Crippen LogP contribution in [0.15, 0.2) is 28.7 Å². The first-order chi connectivity index (χ1) is 10.5. The van der Waals surface area contributed by atoms with Gasteiger partial charge >= 0.3 is 6.03 Å². The normalized spacial score (nSPS) is 13.8. The van der Waals surface area contributed by atoms with Crippen molar-refractivity contribution in [3.8, 4) is 0 Å². The van der Waals surface area contributed by atoms with Crippen LogP contribution in [0.5, 0.6) is 0 Å². The fourth-order valence-corrected chi connectivity index (χ4v) is 2.45. The van der Waals surface area contributed by atoms with Crippen LogP contribution in [0, 0.1) is 6.92 Å². The van der Waals surface area contributed by atoms with E-state index in [0.717, 1.165) is 28.7 Å². The van der Waals surface area contributed by atoms with Gasteiger partial charge in [-0.3, -0.25) is 0 Å². The Hall–Kier alpha value is -2.01.